The van der Waals surface area contributed by atoms with Crippen LogP contribution >= 0.6 is 0 Å². The second kappa shape index (κ2) is 12.3. The molecule has 4 heterocycles. The summed E-state index contributed by atoms with van der Waals surface area (Å²) in [6.07, 6.45) is 11.6. The first-order valence-corrected chi connectivity index (χ1v) is 14.0. The molecule has 2 aliphatic heterocycles. The van der Waals surface area contributed by atoms with Crippen LogP contribution in [0.1, 0.15) is 76.6 Å². The number of nitrogen functional groups attached to an aromatic ring is 2. The Morgan fingerprint density at radius 1 is 0.868 bits per heavy atom. The lowest BCUT2D eigenvalue weighted by molar-refractivity contribution is 0.414. The molecule has 1 atom stereocenters. The van der Waals surface area contributed by atoms with Crippen LogP contribution < -0.4 is 32.7 Å². The molecular weight excluding hydrogens is 476 g/mol. The zero-order valence-corrected chi connectivity index (χ0v) is 23.3. The Bertz CT molecular complexity index is 1080. The molecule has 8 N–H and O–H groups in total. The van der Waals surface area contributed by atoms with Crippen LogP contribution in [0.25, 0.3) is 6.08 Å². The maximum atomic E-state index is 5.92. The predicted molar refractivity (Wildman–Crippen MR) is 157 cm³/mol. The van der Waals surface area contributed by atoms with Crippen molar-refractivity contribution < 1.29 is 0 Å². The van der Waals surface area contributed by atoms with Crippen LogP contribution in [-0.4, -0.2) is 58.7 Å². The Morgan fingerprint density at radius 3 is 2.13 bits per heavy atom. The number of nitrogens with zero attached hydrogens (tertiary/aromatic N) is 6. The first-order valence-electron chi connectivity index (χ1n) is 14.0. The Morgan fingerprint density at radius 2 is 1.53 bits per heavy atom. The van der Waals surface area contributed by atoms with E-state index >= 15 is 0 Å². The third-order valence-corrected chi connectivity index (χ3v) is 7.44. The molecule has 0 spiro atoms. The number of anilines is 4. The first kappa shape index (κ1) is 28.0. The van der Waals surface area contributed by atoms with Gasteiger partial charge in [-0.25, -0.2) is 9.97 Å². The monoisotopic (exact) mass is 522 g/mol. The summed E-state index contributed by atoms with van der Waals surface area (Å²) in [5.41, 5.74) is 25.4. The largest absolute Gasteiger partial charge is 0.368 e. The van der Waals surface area contributed by atoms with Gasteiger partial charge in [0, 0.05) is 56.2 Å². The molecule has 1 aliphatic carbocycles. The number of hydrogen-bond donors (Lipinski definition) is 4. The number of nitrogens with two attached hydrogens (primary N) is 4. The van der Waals surface area contributed by atoms with Gasteiger partial charge in [0.1, 0.15) is 11.6 Å². The van der Waals surface area contributed by atoms with Crippen LogP contribution in [0.15, 0.2) is 18.2 Å². The van der Waals surface area contributed by atoms with Crippen LogP contribution in [0.5, 0.6) is 0 Å². The van der Waals surface area contributed by atoms with Crippen molar-refractivity contribution in [3.63, 3.8) is 0 Å². The summed E-state index contributed by atoms with van der Waals surface area (Å²) in [7, 11) is 0. The second-order valence-electron chi connectivity index (χ2n) is 12.1. The highest BCUT2D eigenvalue weighted by Gasteiger charge is 2.28. The molecule has 5 rings (SSSR count). The molecule has 0 amide bonds. The van der Waals surface area contributed by atoms with Crippen molar-refractivity contribution in [3.05, 3.63) is 29.6 Å². The van der Waals surface area contributed by atoms with Crippen molar-refractivity contribution in [2.45, 2.75) is 71.3 Å². The van der Waals surface area contributed by atoms with Crippen molar-refractivity contribution in [2.24, 2.45) is 22.8 Å². The van der Waals surface area contributed by atoms with Gasteiger partial charge in [0.2, 0.25) is 11.9 Å². The van der Waals surface area contributed by atoms with Crippen LogP contribution in [0.3, 0.4) is 0 Å². The van der Waals surface area contributed by atoms with E-state index in [-0.39, 0.29) is 11.5 Å². The summed E-state index contributed by atoms with van der Waals surface area (Å²) in [5.74, 6) is 3.76. The molecule has 0 bridgehead atoms. The molecule has 0 unspecified atom stereocenters. The summed E-state index contributed by atoms with van der Waals surface area (Å²) < 4.78 is 0. The standard InChI is InChI=1S/2C14H23N5/c15-7-10-8-19(9-10)13-6-12(17-14(16)18-13)11-4-2-1-3-5-11;1-14(2,3)6-4-11-8-12(18-13(16)17-11)19-7-5-10(15)9-19/h6,10-11H,1-5,7-9,15H2,(H2,16,17,18);4,6,8,10H,5,7,9,15H2,1-3H3,(H2,16,17,18)/b;6-4+/t;10-/m.1/s1. The van der Waals surface area contributed by atoms with Crippen molar-refractivity contribution in [1.29, 1.82) is 0 Å². The predicted octanol–water partition coefficient (Wildman–Crippen LogP) is 3.16. The van der Waals surface area contributed by atoms with Gasteiger partial charge in [-0.15, -0.1) is 0 Å². The minimum Gasteiger partial charge on any atom is -0.368 e. The van der Waals surface area contributed by atoms with E-state index in [1.54, 1.807) is 0 Å². The highest BCUT2D eigenvalue weighted by atomic mass is 15.3. The molecular formula is C28H46N10. The zero-order chi connectivity index (χ0) is 27.3. The molecule has 3 aliphatic rings. The van der Waals surface area contributed by atoms with Crippen LogP contribution in [0, 0.1) is 11.3 Å². The smallest absolute Gasteiger partial charge is 0.222 e. The quantitative estimate of drug-likeness (QED) is 0.459. The third kappa shape index (κ3) is 7.77. The molecule has 3 fully saturated rings. The SMILES string of the molecule is CC(C)(C)/C=C/c1cc(N2CC[C@@H](N)C2)nc(N)n1.NCC1CN(c2cc(C3CCCCC3)nc(N)n2)C1. The maximum Gasteiger partial charge on any atom is 0.222 e. The lowest BCUT2D eigenvalue weighted by Crippen LogP contribution is -2.50. The van der Waals surface area contributed by atoms with Crippen LogP contribution in [-0.2, 0) is 0 Å². The van der Waals surface area contributed by atoms with Crippen molar-refractivity contribution in [1.82, 2.24) is 19.9 Å². The minimum atomic E-state index is 0.121. The average molecular weight is 523 g/mol. The Hall–Kier alpha value is -2.98. The Balaban J connectivity index is 0.000000177. The van der Waals surface area contributed by atoms with Gasteiger partial charge in [-0.05, 0) is 37.3 Å². The molecule has 2 saturated heterocycles. The van der Waals surface area contributed by atoms with E-state index in [9.17, 15) is 0 Å². The Labute approximate surface area is 227 Å². The maximum absolute atomic E-state index is 5.92. The van der Waals surface area contributed by atoms with Gasteiger partial charge in [-0.1, -0.05) is 46.1 Å². The second-order valence-corrected chi connectivity index (χ2v) is 12.1. The van der Waals surface area contributed by atoms with E-state index in [2.05, 4.69) is 62.6 Å². The Kier molecular flexibility index (Phi) is 9.04. The fourth-order valence-electron chi connectivity index (χ4n) is 5.20. The van der Waals surface area contributed by atoms with Crippen molar-refractivity contribution >= 4 is 29.6 Å². The molecule has 0 radical (unpaired) electrons. The summed E-state index contributed by atoms with van der Waals surface area (Å²) in [4.78, 5) is 21.8. The number of allylic oxidation sites excluding steroid dienone is 1. The lowest BCUT2D eigenvalue weighted by atomic mass is 9.86. The average Bonchev–Trinajstić information content (AvgIpc) is 3.28. The van der Waals surface area contributed by atoms with E-state index < -0.39 is 0 Å². The van der Waals surface area contributed by atoms with E-state index in [0.717, 1.165) is 62.2 Å². The summed E-state index contributed by atoms with van der Waals surface area (Å²) in [6, 6.07) is 4.33. The molecule has 2 aromatic rings. The number of aromatic nitrogens is 4. The number of rotatable bonds is 5. The van der Waals surface area contributed by atoms with Gasteiger partial charge < -0.3 is 32.7 Å². The van der Waals surface area contributed by atoms with Crippen molar-refractivity contribution in [3.8, 4) is 0 Å². The van der Waals surface area contributed by atoms with E-state index in [1.807, 2.05) is 12.1 Å². The van der Waals surface area contributed by atoms with Crippen LogP contribution in [0.2, 0.25) is 0 Å². The molecule has 10 heteroatoms. The van der Waals surface area contributed by atoms with Gasteiger partial charge >= 0.3 is 0 Å². The van der Waals surface area contributed by atoms with Gasteiger partial charge in [-0.3, -0.25) is 0 Å². The van der Waals surface area contributed by atoms with E-state index in [0.29, 0.717) is 23.7 Å². The normalized spacial score (nSPS) is 20.9. The molecule has 208 valence electrons. The van der Waals surface area contributed by atoms with E-state index in [1.165, 1.54) is 32.1 Å². The number of hydrogen-bond acceptors (Lipinski definition) is 10. The van der Waals surface area contributed by atoms with Gasteiger partial charge in [0.05, 0.1) is 11.4 Å². The molecule has 1 saturated carbocycles. The van der Waals surface area contributed by atoms with Gasteiger partial charge in [-0.2, -0.15) is 9.97 Å². The minimum absolute atomic E-state index is 0.121. The summed E-state index contributed by atoms with van der Waals surface area (Å²) >= 11 is 0. The topological polar surface area (TPSA) is 162 Å². The highest BCUT2D eigenvalue weighted by molar-refractivity contribution is 5.55. The molecule has 38 heavy (non-hydrogen) atoms. The third-order valence-electron chi connectivity index (χ3n) is 7.44. The highest BCUT2D eigenvalue weighted by Crippen LogP contribution is 2.34. The lowest BCUT2D eigenvalue weighted by Gasteiger charge is -2.39. The molecule has 10 nitrogen and oxygen atoms in total. The van der Waals surface area contributed by atoms with Gasteiger partial charge in [0.25, 0.3) is 0 Å². The fraction of sp³-hybridized carbons (Fsp3) is 0.643. The van der Waals surface area contributed by atoms with Crippen LogP contribution in [0.4, 0.5) is 23.5 Å². The summed E-state index contributed by atoms with van der Waals surface area (Å²) in [6.45, 7) is 11.0. The molecule has 2 aromatic heterocycles. The van der Waals surface area contributed by atoms with Crippen molar-refractivity contribution in [2.75, 3.05) is 54.0 Å². The summed E-state index contributed by atoms with van der Waals surface area (Å²) in [5, 5.41) is 0. The zero-order valence-electron chi connectivity index (χ0n) is 23.3. The fourth-order valence-corrected chi connectivity index (χ4v) is 5.20. The van der Waals surface area contributed by atoms with E-state index in [4.69, 9.17) is 22.9 Å². The molecule has 0 aromatic carbocycles. The first-order chi connectivity index (χ1) is 18.1. The van der Waals surface area contributed by atoms with Gasteiger partial charge in [0.15, 0.2) is 0 Å².